The topological polar surface area (TPSA) is 24.8 Å². The number of benzene rings is 3. The molecule has 1 aliphatic rings. The van der Waals surface area contributed by atoms with Crippen LogP contribution >= 0.6 is 23.2 Å². The smallest absolute Gasteiger partial charge is 0.432 e. The molecule has 0 amide bonds. The molecule has 0 saturated carbocycles. The molecule has 6 heteroatoms. The highest BCUT2D eigenvalue weighted by atomic mass is 35.5. The lowest BCUT2D eigenvalue weighted by Crippen LogP contribution is -2.49. The van der Waals surface area contributed by atoms with Gasteiger partial charge in [0.2, 0.25) is 0 Å². The van der Waals surface area contributed by atoms with E-state index < -0.39 is 0 Å². The summed E-state index contributed by atoms with van der Waals surface area (Å²) in [6.07, 6.45) is 0. The lowest BCUT2D eigenvalue weighted by molar-refractivity contribution is 0.367. The van der Waals surface area contributed by atoms with Gasteiger partial charge in [-0.3, -0.25) is 0 Å². The van der Waals surface area contributed by atoms with Gasteiger partial charge in [-0.1, -0.05) is 64.8 Å². The van der Waals surface area contributed by atoms with E-state index in [0.717, 1.165) is 16.7 Å². The molecule has 25 heavy (non-hydrogen) atoms. The van der Waals surface area contributed by atoms with E-state index in [-0.39, 0.29) is 7.05 Å². The van der Waals surface area contributed by atoms with Crippen molar-refractivity contribution in [3.05, 3.63) is 94.5 Å². The minimum absolute atomic E-state index is 0.356. The van der Waals surface area contributed by atoms with Gasteiger partial charge in [0.05, 0.1) is 0 Å². The number of nitrogens with zero attached hydrogens (tertiary/aromatic N) is 2. The van der Waals surface area contributed by atoms with E-state index in [2.05, 4.69) is 5.16 Å². The van der Waals surface area contributed by atoms with Gasteiger partial charge in [0.1, 0.15) is 0 Å². The van der Waals surface area contributed by atoms with Crippen LogP contribution < -0.4 is 10.3 Å². The summed E-state index contributed by atoms with van der Waals surface area (Å²) in [6.45, 7) is 0. The Morgan fingerprint density at radius 3 is 2.28 bits per heavy atom. The number of oxime groups is 1. The first-order valence-electron chi connectivity index (χ1n) is 7.82. The average molecular weight is 367 g/mol. The van der Waals surface area contributed by atoms with E-state index in [1.165, 1.54) is 0 Å². The van der Waals surface area contributed by atoms with E-state index >= 15 is 0 Å². The van der Waals surface area contributed by atoms with Crippen molar-refractivity contribution in [2.24, 2.45) is 5.16 Å². The Kier molecular flexibility index (Phi) is 4.39. The van der Waals surface area contributed by atoms with E-state index in [1.54, 1.807) is 0 Å². The van der Waals surface area contributed by atoms with E-state index in [9.17, 15) is 0 Å². The number of halogens is 2. The summed E-state index contributed by atoms with van der Waals surface area (Å²) in [4.78, 5) is 2.03. The molecule has 0 atom stereocenters. The Balaban J connectivity index is 1.80. The van der Waals surface area contributed by atoms with Gasteiger partial charge in [-0.2, -0.15) is 0 Å². The van der Waals surface area contributed by atoms with Crippen LogP contribution in [0.5, 0.6) is 0 Å². The summed E-state index contributed by atoms with van der Waals surface area (Å²) in [6, 6.07) is 25.1. The molecular formula is C19H13BCl2N2O. The fraction of sp³-hybridized carbons (Fsp3) is 0. The first kappa shape index (κ1) is 16.1. The fourth-order valence-corrected chi connectivity index (χ4v) is 3.11. The fourth-order valence-electron chi connectivity index (χ4n) is 2.80. The Morgan fingerprint density at radius 2 is 1.56 bits per heavy atom. The normalized spacial score (nSPS) is 13.6. The molecule has 0 N–H and O–H groups in total. The van der Waals surface area contributed by atoms with Gasteiger partial charge in [-0.15, -0.1) is 0 Å². The van der Waals surface area contributed by atoms with Crippen molar-refractivity contribution in [3.63, 3.8) is 0 Å². The summed E-state index contributed by atoms with van der Waals surface area (Å²) in [5, 5.41) is 5.67. The molecule has 0 bridgehead atoms. The molecule has 3 nitrogen and oxygen atoms in total. The van der Waals surface area contributed by atoms with Crippen LogP contribution in [0.2, 0.25) is 10.0 Å². The molecule has 0 aromatic heterocycles. The number of hydrogen-bond donors (Lipinski definition) is 0. The van der Waals surface area contributed by atoms with Crippen LogP contribution in [-0.4, -0.2) is 12.9 Å². The van der Waals surface area contributed by atoms with Crippen LogP contribution in [0.25, 0.3) is 0 Å². The van der Waals surface area contributed by atoms with Gasteiger partial charge in [-0.25, -0.2) is 0 Å². The molecule has 0 saturated heterocycles. The van der Waals surface area contributed by atoms with Gasteiger partial charge in [0.15, 0.2) is 5.84 Å². The number of rotatable bonds is 3. The summed E-state index contributed by atoms with van der Waals surface area (Å²) in [5.41, 5.74) is 2.84. The molecule has 0 radical (unpaired) electrons. The van der Waals surface area contributed by atoms with E-state index in [0.29, 0.717) is 15.9 Å². The number of hydrogen-bond acceptors (Lipinski definition) is 3. The highest BCUT2D eigenvalue weighted by Crippen LogP contribution is 2.27. The maximum atomic E-state index is 6.21. The second-order valence-corrected chi connectivity index (χ2v) is 6.51. The third-order valence-electron chi connectivity index (χ3n) is 3.98. The SMILES string of the molecule is Clc1ccc(C2=NOB(c3ccccc3)N2c2cccc(Cl)c2)cc1. The molecule has 122 valence electrons. The van der Waals surface area contributed by atoms with Crippen molar-refractivity contribution < 1.29 is 4.76 Å². The molecule has 0 aliphatic carbocycles. The van der Waals surface area contributed by atoms with Crippen molar-refractivity contribution in [1.82, 2.24) is 0 Å². The molecule has 3 aromatic rings. The zero-order valence-electron chi connectivity index (χ0n) is 13.1. The second kappa shape index (κ2) is 6.83. The van der Waals surface area contributed by atoms with Crippen molar-refractivity contribution in [1.29, 1.82) is 0 Å². The molecule has 0 unspecified atom stereocenters. The third kappa shape index (κ3) is 3.23. The lowest BCUT2D eigenvalue weighted by atomic mass is 9.71. The van der Waals surface area contributed by atoms with Crippen LogP contribution in [0.15, 0.2) is 84.0 Å². The average Bonchev–Trinajstić information content (AvgIpc) is 3.08. The second-order valence-electron chi connectivity index (χ2n) is 5.64. The summed E-state index contributed by atoms with van der Waals surface area (Å²) >= 11 is 12.2. The molecular weight excluding hydrogens is 354 g/mol. The highest BCUT2D eigenvalue weighted by molar-refractivity contribution is 6.76. The van der Waals surface area contributed by atoms with Gasteiger partial charge in [0, 0.05) is 21.3 Å². The van der Waals surface area contributed by atoms with Gasteiger partial charge < -0.3 is 9.57 Å². The van der Waals surface area contributed by atoms with Crippen LogP contribution in [0.1, 0.15) is 5.56 Å². The highest BCUT2D eigenvalue weighted by Gasteiger charge is 2.39. The minimum atomic E-state index is -0.356. The molecule has 4 rings (SSSR count). The maximum Gasteiger partial charge on any atom is 0.550 e. The van der Waals surface area contributed by atoms with Crippen LogP contribution in [0.3, 0.4) is 0 Å². The largest absolute Gasteiger partial charge is 0.550 e. The van der Waals surface area contributed by atoms with Crippen molar-refractivity contribution in [3.8, 4) is 0 Å². The Hall–Kier alpha value is -2.43. The van der Waals surface area contributed by atoms with Crippen molar-refractivity contribution in [2.75, 3.05) is 4.81 Å². The first-order chi connectivity index (χ1) is 12.2. The Bertz CT molecular complexity index is 916. The zero-order valence-corrected chi connectivity index (χ0v) is 14.7. The molecule has 3 aromatic carbocycles. The predicted molar refractivity (Wildman–Crippen MR) is 105 cm³/mol. The number of anilines is 1. The summed E-state index contributed by atoms with van der Waals surface area (Å²) < 4.78 is 5.78. The minimum Gasteiger partial charge on any atom is -0.432 e. The monoisotopic (exact) mass is 366 g/mol. The molecule has 1 heterocycles. The maximum absolute atomic E-state index is 6.21. The van der Waals surface area contributed by atoms with E-state index in [1.807, 2.05) is 83.7 Å². The first-order valence-corrected chi connectivity index (χ1v) is 8.57. The van der Waals surface area contributed by atoms with Crippen LogP contribution in [0.4, 0.5) is 5.69 Å². The van der Waals surface area contributed by atoms with Gasteiger partial charge in [-0.05, 0) is 47.9 Å². The van der Waals surface area contributed by atoms with Crippen LogP contribution in [0, 0.1) is 0 Å². The predicted octanol–water partition coefficient (Wildman–Crippen LogP) is 4.59. The third-order valence-corrected chi connectivity index (χ3v) is 4.46. The van der Waals surface area contributed by atoms with Gasteiger partial charge >= 0.3 is 7.05 Å². The Morgan fingerprint density at radius 1 is 0.800 bits per heavy atom. The zero-order chi connectivity index (χ0) is 17.2. The van der Waals surface area contributed by atoms with Crippen molar-refractivity contribution in [2.45, 2.75) is 0 Å². The Labute approximate surface area is 156 Å². The molecule has 0 spiro atoms. The standard InChI is InChI=1S/C19H13BCl2N2O/c21-16-11-9-14(10-12-16)19-23-25-20(15-5-2-1-3-6-15)24(19)18-8-4-7-17(22)13-18/h1-13H. The quantitative estimate of drug-likeness (QED) is 0.633. The van der Waals surface area contributed by atoms with Crippen LogP contribution in [-0.2, 0) is 4.76 Å². The van der Waals surface area contributed by atoms with E-state index in [4.69, 9.17) is 28.0 Å². The molecule has 1 aliphatic heterocycles. The lowest BCUT2D eigenvalue weighted by Gasteiger charge is -2.23. The van der Waals surface area contributed by atoms with Crippen molar-refractivity contribution >= 4 is 47.2 Å². The summed E-state index contributed by atoms with van der Waals surface area (Å²) in [7, 11) is -0.356. The van der Waals surface area contributed by atoms with Gasteiger partial charge in [0.25, 0.3) is 0 Å². The summed E-state index contributed by atoms with van der Waals surface area (Å²) in [5.74, 6) is 0.716. The number of amidine groups is 1. The molecule has 0 fully saturated rings.